The van der Waals surface area contributed by atoms with E-state index in [4.69, 9.17) is 4.74 Å². The van der Waals surface area contributed by atoms with Crippen molar-refractivity contribution in [1.29, 1.82) is 0 Å². The monoisotopic (exact) mass is 303 g/mol. The van der Waals surface area contributed by atoms with E-state index >= 15 is 0 Å². The highest BCUT2D eigenvalue weighted by Gasteiger charge is 2.23. The predicted molar refractivity (Wildman–Crippen MR) is 89.8 cm³/mol. The van der Waals surface area contributed by atoms with Gasteiger partial charge in [0.25, 0.3) is 0 Å². The SMILES string of the molecule is Cc1ccc(CN2CCCC(CC(=O)OC(C)C)C2)cc1C. The maximum atomic E-state index is 11.8. The topological polar surface area (TPSA) is 29.5 Å². The third-order valence-corrected chi connectivity index (χ3v) is 4.40. The standard InChI is InChI=1S/C19H29NO2/c1-14(2)22-19(21)11-17-6-5-9-20(12-17)13-18-8-7-15(3)16(4)10-18/h7-8,10,14,17H,5-6,9,11-13H2,1-4H3. The lowest BCUT2D eigenvalue weighted by Gasteiger charge is -2.32. The zero-order valence-electron chi connectivity index (χ0n) is 14.4. The Morgan fingerprint density at radius 1 is 1.32 bits per heavy atom. The van der Waals surface area contributed by atoms with Crippen molar-refractivity contribution < 1.29 is 9.53 Å². The Labute approximate surface area is 134 Å². The molecule has 1 aromatic rings. The fourth-order valence-electron chi connectivity index (χ4n) is 3.17. The van der Waals surface area contributed by atoms with E-state index in [0.717, 1.165) is 26.1 Å². The van der Waals surface area contributed by atoms with Gasteiger partial charge < -0.3 is 4.74 Å². The summed E-state index contributed by atoms with van der Waals surface area (Å²) < 4.78 is 5.28. The summed E-state index contributed by atoms with van der Waals surface area (Å²) in [6.07, 6.45) is 2.85. The van der Waals surface area contributed by atoms with Crippen LogP contribution in [0.3, 0.4) is 0 Å². The van der Waals surface area contributed by atoms with Gasteiger partial charge in [0.15, 0.2) is 0 Å². The fourth-order valence-corrected chi connectivity index (χ4v) is 3.17. The Bertz CT molecular complexity index is 510. The molecule has 122 valence electrons. The first-order valence-electron chi connectivity index (χ1n) is 8.42. The molecule has 1 unspecified atom stereocenters. The van der Waals surface area contributed by atoms with Crippen molar-refractivity contribution in [3.8, 4) is 0 Å². The van der Waals surface area contributed by atoms with E-state index in [1.807, 2.05) is 13.8 Å². The van der Waals surface area contributed by atoms with Crippen LogP contribution >= 0.6 is 0 Å². The minimum absolute atomic E-state index is 0.0114. The Morgan fingerprint density at radius 3 is 2.77 bits per heavy atom. The van der Waals surface area contributed by atoms with Crippen molar-refractivity contribution in [1.82, 2.24) is 4.90 Å². The van der Waals surface area contributed by atoms with Crippen LogP contribution in [0, 0.1) is 19.8 Å². The van der Waals surface area contributed by atoms with Crippen LogP contribution < -0.4 is 0 Å². The number of carbonyl (C=O) groups is 1. The summed E-state index contributed by atoms with van der Waals surface area (Å²) in [5.41, 5.74) is 4.07. The second-order valence-corrected chi connectivity index (χ2v) is 6.90. The van der Waals surface area contributed by atoms with Crippen LogP contribution in [0.15, 0.2) is 18.2 Å². The number of rotatable bonds is 5. The molecule has 0 N–H and O–H groups in total. The van der Waals surface area contributed by atoms with Crippen LogP contribution in [0.4, 0.5) is 0 Å². The number of aryl methyl sites for hydroxylation is 2. The molecular weight excluding hydrogens is 274 g/mol. The van der Waals surface area contributed by atoms with Crippen molar-refractivity contribution in [2.75, 3.05) is 13.1 Å². The predicted octanol–water partition coefficient (Wildman–Crippen LogP) is 3.86. The maximum absolute atomic E-state index is 11.8. The van der Waals surface area contributed by atoms with Gasteiger partial charge in [-0.3, -0.25) is 9.69 Å². The Morgan fingerprint density at radius 2 is 2.09 bits per heavy atom. The number of benzene rings is 1. The minimum atomic E-state index is -0.0481. The third kappa shape index (κ3) is 5.13. The lowest BCUT2D eigenvalue weighted by molar-refractivity contribution is -0.149. The van der Waals surface area contributed by atoms with Crippen molar-refractivity contribution in [2.45, 2.75) is 59.6 Å². The van der Waals surface area contributed by atoms with Crippen LogP contribution in [-0.2, 0) is 16.1 Å². The summed E-state index contributed by atoms with van der Waals surface area (Å²) in [5, 5.41) is 0. The van der Waals surface area contributed by atoms with E-state index in [2.05, 4.69) is 36.9 Å². The molecule has 0 bridgehead atoms. The van der Waals surface area contributed by atoms with E-state index < -0.39 is 0 Å². The molecule has 1 aromatic carbocycles. The number of hydrogen-bond donors (Lipinski definition) is 0. The van der Waals surface area contributed by atoms with Gasteiger partial charge >= 0.3 is 5.97 Å². The van der Waals surface area contributed by atoms with Crippen molar-refractivity contribution >= 4 is 5.97 Å². The van der Waals surface area contributed by atoms with Gasteiger partial charge in [-0.1, -0.05) is 18.2 Å². The first-order chi connectivity index (χ1) is 10.4. The normalized spacial score (nSPS) is 19.4. The molecule has 0 aliphatic carbocycles. The van der Waals surface area contributed by atoms with E-state index in [1.165, 1.54) is 23.1 Å². The second-order valence-electron chi connectivity index (χ2n) is 6.90. The molecule has 1 heterocycles. The van der Waals surface area contributed by atoms with Gasteiger partial charge in [0.2, 0.25) is 0 Å². The van der Waals surface area contributed by atoms with Gasteiger partial charge in [-0.25, -0.2) is 0 Å². The molecule has 1 aliphatic heterocycles. The maximum Gasteiger partial charge on any atom is 0.306 e. The summed E-state index contributed by atoms with van der Waals surface area (Å²) in [6.45, 7) is 11.2. The number of piperidine rings is 1. The molecule has 3 nitrogen and oxygen atoms in total. The lowest BCUT2D eigenvalue weighted by Crippen LogP contribution is -2.36. The fraction of sp³-hybridized carbons (Fsp3) is 0.632. The summed E-state index contributed by atoms with van der Waals surface area (Å²) in [6, 6.07) is 6.71. The van der Waals surface area contributed by atoms with Gasteiger partial charge in [0.05, 0.1) is 6.10 Å². The van der Waals surface area contributed by atoms with Gasteiger partial charge in [0, 0.05) is 19.5 Å². The molecule has 0 radical (unpaired) electrons. The number of likely N-dealkylation sites (tertiary alicyclic amines) is 1. The molecule has 1 aliphatic rings. The van der Waals surface area contributed by atoms with Crippen LogP contribution in [0.1, 0.15) is 49.8 Å². The Balaban J connectivity index is 1.87. The molecule has 2 rings (SSSR count). The zero-order chi connectivity index (χ0) is 16.1. The van der Waals surface area contributed by atoms with Gasteiger partial charge in [-0.2, -0.15) is 0 Å². The van der Waals surface area contributed by atoms with E-state index in [1.54, 1.807) is 0 Å². The average molecular weight is 303 g/mol. The highest BCUT2D eigenvalue weighted by molar-refractivity contribution is 5.69. The van der Waals surface area contributed by atoms with Gasteiger partial charge in [-0.05, 0) is 69.7 Å². The molecule has 0 amide bonds. The quantitative estimate of drug-likeness (QED) is 0.774. The number of ether oxygens (including phenoxy) is 1. The first-order valence-corrected chi connectivity index (χ1v) is 8.42. The molecule has 1 atom stereocenters. The van der Waals surface area contributed by atoms with Crippen molar-refractivity contribution in [3.63, 3.8) is 0 Å². The Kier molecular flexibility index (Phi) is 6.01. The molecule has 0 aromatic heterocycles. The van der Waals surface area contributed by atoms with Crippen molar-refractivity contribution in [3.05, 3.63) is 34.9 Å². The summed E-state index contributed by atoms with van der Waals surface area (Å²) in [4.78, 5) is 14.3. The number of carbonyl (C=O) groups excluding carboxylic acids is 1. The summed E-state index contributed by atoms with van der Waals surface area (Å²) in [5.74, 6) is 0.388. The smallest absolute Gasteiger partial charge is 0.306 e. The van der Waals surface area contributed by atoms with Crippen LogP contribution in [-0.4, -0.2) is 30.1 Å². The molecular formula is C19H29NO2. The van der Waals surface area contributed by atoms with Crippen LogP contribution in [0.25, 0.3) is 0 Å². The molecule has 0 spiro atoms. The summed E-state index contributed by atoms with van der Waals surface area (Å²) >= 11 is 0. The zero-order valence-corrected chi connectivity index (χ0v) is 14.4. The second kappa shape index (κ2) is 7.77. The van der Waals surface area contributed by atoms with Gasteiger partial charge in [0.1, 0.15) is 0 Å². The molecule has 3 heteroatoms. The van der Waals surface area contributed by atoms with Crippen molar-refractivity contribution in [2.24, 2.45) is 5.92 Å². The third-order valence-electron chi connectivity index (χ3n) is 4.40. The summed E-state index contributed by atoms with van der Waals surface area (Å²) in [7, 11) is 0. The minimum Gasteiger partial charge on any atom is -0.463 e. The average Bonchev–Trinajstić information content (AvgIpc) is 2.42. The van der Waals surface area contributed by atoms with E-state index in [0.29, 0.717) is 12.3 Å². The van der Waals surface area contributed by atoms with Crippen LogP contribution in [0.2, 0.25) is 0 Å². The Hall–Kier alpha value is -1.35. The van der Waals surface area contributed by atoms with Crippen LogP contribution in [0.5, 0.6) is 0 Å². The molecule has 22 heavy (non-hydrogen) atoms. The number of nitrogens with zero attached hydrogens (tertiary/aromatic N) is 1. The highest BCUT2D eigenvalue weighted by Crippen LogP contribution is 2.22. The molecule has 0 saturated carbocycles. The van der Waals surface area contributed by atoms with E-state index in [9.17, 15) is 4.79 Å². The molecule has 1 saturated heterocycles. The largest absolute Gasteiger partial charge is 0.463 e. The molecule has 1 fully saturated rings. The van der Waals surface area contributed by atoms with Gasteiger partial charge in [-0.15, -0.1) is 0 Å². The first kappa shape index (κ1) is 17.0. The van der Waals surface area contributed by atoms with E-state index in [-0.39, 0.29) is 12.1 Å². The highest BCUT2D eigenvalue weighted by atomic mass is 16.5. The number of hydrogen-bond acceptors (Lipinski definition) is 3. The number of esters is 1. The lowest BCUT2D eigenvalue weighted by atomic mass is 9.94.